The molecule has 0 radical (unpaired) electrons. The molecule has 1 aromatic carbocycles. The minimum absolute atomic E-state index is 0.0367. The molecule has 1 saturated heterocycles. The molecule has 0 aromatic heterocycles. The van der Waals surface area contributed by atoms with E-state index in [1.165, 1.54) is 0 Å². The Bertz CT molecular complexity index is 759. The lowest BCUT2D eigenvalue weighted by Gasteiger charge is -2.21. The first-order chi connectivity index (χ1) is 11.7. The molecule has 0 bridgehead atoms. The standard InChI is InChI=1S/C17H21FO6S/c1-17(2)22-14-12(10-21-9-11-7-5-4-6-8-11)13(18)15(16(14)23-17)24-25(3,19)20/h4-8,14-16H,9-10H2,1-3H3/t14-,15+,16-/m1/s1. The number of rotatable bonds is 6. The van der Waals surface area contributed by atoms with Crippen molar-refractivity contribution < 1.29 is 31.2 Å². The van der Waals surface area contributed by atoms with Gasteiger partial charge in [-0.25, -0.2) is 4.39 Å². The van der Waals surface area contributed by atoms with Gasteiger partial charge < -0.3 is 14.2 Å². The zero-order valence-electron chi connectivity index (χ0n) is 14.3. The summed E-state index contributed by atoms with van der Waals surface area (Å²) in [4.78, 5) is 0. The van der Waals surface area contributed by atoms with E-state index in [1.807, 2.05) is 30.3 Å². The Kier molecular flexibility index (Phi) is 5.00. The lowest BCUT2D eigenvalue weighted by molar-refractivity contribution is -0.153. The van der Waals surface area contributed by atoms with Crippen molar-refractivity contribution in [3.8, 4) is 0 Å². The molecular weight excluding hydrogens is 351 g/mol. The molecule has 1 heterocycles. The number of benzene rings is 1. The van der Waals surface area contributed by atoms with Crippen LogP contribution in [0.3, 0.4) is 0 Å². The van der Waals surface area contributed by atoms with E-state index in [4.69, 9.17) is 18.4 Å². The number of hydrogen-bond acceptors (Lipinski definition) is 6. The maximum Gasteiger partial charge on any atom is 0.265 e. The summed E-state index contributed by atoms with van der Waals surface area (Å²) < 4.78 is 59.5. The third-order valence-electron chi connectivity index (χ3n) is 3.98. The van der Waals surface area contributed by atoms with Crippen molar-refractivity contribution >= 4 is 10.1 Å². The van der Waals surface area contributed by atoms with Crippen LogP contribution >= 0.6 is 0 Å². The summed E-state index contributed by atoms with van der Waals surface area (Å²) in [5, 5.41) is 0. The highest BCUT2D eigenvalue weighted by Crippen LogP contribution is 2.43. The maximum atomic E-state index is 14.7. The van der Waals surface area contributed by atoms with E-state index in [2.05, 4.69) is 0 Å². The number of ether oxygens (including phenoxy) is 3. The van der Waals surface area contributed by atoms with Gasteiger partial charge in [0.25, 0.3) is 10.1 Å². The molecular formula is C17H21FO6S. The fourth-order valence-corrected chi connectivity index (χ4v) is 3.60. The highest BCUT2D eigenvalue weighted by molar-refractivity contribution is 7.86. The fourth-order valence-electron chi connectivity index (χ4n) is 3.03. The van der Waals surface area contributed by atoms with E-state index < -0.39 is 40.0 Å². The van der Waals surface area contributed by atoms with Crippen molar-refractivity contribution in [2.75, 3.05) is 12.9 Å². The monoisotopic (exact) mass is 372 g/mol. The average Bonchev–Trinajstić information content (AvgIpc) is 2.93. The van der Waals surface area contributed by atoms with Gasteiger partial charge in [-0.05, 0) is 19.4 Å². The van der Waals surface area contributed by atoms with Crippen molar-refractivity contribution in [1.82, 2.24) is 0 Å². The predicted molar refractivity (Wildman–Crippen MR) is 87.8 cm³/mol. The van der Waals surface area contributed by atoms with Crippen LogP contribution in [0.2, 0.25) is 0 Å². The second-order valence-corrected chi connectivity index (χ2v) is 8.19. The van der Waals surface area contributed by atoms with Crippen LogP contribution in [-0.4, -0.2) is 45.4 Å². The predicted octanol–water partition coefficient (Wildman–Crippen LogP) is 2.31. The Morgan fingerprint density at radius 2 is 1.84 bits per heavy atom. The van der Waals surface area contributed by atoms with E-state index in [9.17, 15) is 12.8 Å². The van der Waals surface area contributed by atoms with Gasteiger partial charge in [0.15, 0.2) is 11.9 Å². The van der Waals surface area contributed by atoms with Crippen LogP contribution < -0.4 is 0 Å². The van der Waals surface area contributed by atoms with Crippen LogP contribution in [0.1, 0.15) is 19.4 Å². The molecule has 0 spiro atoms. The molecule has 0 amide bonds. The third-order valence-corrected chi connectivity index (χ3v) is 4.53. The molecule has 0 N–H and O–H groups in total. The third kappa shape index (κ3) is 4.27. The second-order valence-electron chi connectivity index (χ2n) is 6.59. The Hall–Kier alpha value is -1.32. The first kappa shape index (κ1) is 18.5. The average molecular weight is 372 g/mol. The highest BCUT2D eigenvalue weighted by Gasteiger charge is 2.55. The number of fused-ring (bicyclic) bond motifs is 1. The zero-order chi connectivity index (χ0) is 18.2. The van der Waals surface area contributed by atoms with Crippen molar-refractivity contribution in [2.45, 2.75) is 44.6 Å². The Labute approximate surface area is 146 Å². The minimum atomic E-state index is -3.85. The lowest BCUT2D eigenvalue weighted by atomic mass is 10.1. The zero-order valence-corrected chi connectivity index (χ0v) is 15.1. The lowest BCUT2D eigenvalue weighted by Crippen LogP contribution is -2.34. The molecule has 8 heteroatoms. The van der Waals surface area contributed by atoms with E-state index in [1.54, 1.807) is 13.8 Å². The quantitative estimate of drug-likeness (QED) is 0.714. The largest absolute Gasteiger partial charge is 0.372 e. The SMILES string of the molecule is CC1(C)O[C@@H]2[C@H](O1)C(COCc1ccccc1)=C(F)[C@@H]2OS(C)(=O)=O. The normalized spacial score (nSPS) is 28.4. The van der Waals surface area contributed by atoms with Crippen molar-refractivity contribution in [2.24, 2.45) is 0 Å². The molecule has 3 atom stereocenters. The second kappa shape index (κ2) is 6.77. The molecule has 25 heavy (non-hydrogen) atoms. The first-order valence-corrected chi connectivity index (χ1v) is 9.72. The molecule has 1 aliphatic heterocycles. The fraction of sp³-hybridized carbons (Fsp3) is 0.529. The van der Waals surface area contributed by atoms with Gasteiger partial charge in [0.1, 0.15) is 18.0 Å². The molecule has 6 nitrogen and oxygen atoms in total. The van der Waals surface area contributed by atoms with Crippen LogP contribution in [0, 0.1) is 0 Å². The molecule has 1 aromatic rings. The summed E-state index contributed by atoms with van der Waals surface area (Å²) in [6, 6.07) is 9.46. The molecule has 1 fully saturated rings. The molecule has 2 aliphatic rings. The van der Waals surface area contributed by atoms with E-state index in [-0.39, 0.29) is 12.2 Å². The summed E-state index contributed by atoms with van der Waals surface area (Å²) >= 11 is 0. The smallest absolute Gasteiger partial charge is 0.265 e. The van der Waals surface area contributed by atoms with Gasteiger partial charge in [-0.3, -0.25) is 4.18 Å². The maximum absolute atomic E-state index is 14.7. The van der Waals surface area contributed by atoms with Crippen LogP contribution in [-0.2, 0) is 35.1 Å². The van der Waals surface area contributed by atoms with Gasteiger partial charge in [0.2, 0.25) is 0 Å². The Balaban J connectivity index is 1.75. The summed E-state index contributed by atoms with van der Waals surface area (Å²) in [5.74, 6) is -1.66. The van der Waals surface area contributed by atoms with Crippen LogP contribution in [0.5, 0.6) is 0 Å². The molecule has 0 saturated carbocycles. The molecule has 0 unspecified atom stereocenters. The van der Waals surface area contributed by atoms with Crippen molar-refractivity contribution in [3.05, 3.63) is 47.3 Å². The Morgan fingerprint density at radius 1 is 1.16 bits per heavy atom. The first-order valence-electron chi connectivity index (χ1n) is 7.90. The van der Waals surface area contributed by atoms with Gasteiger partial charge in [-0.1, -0.05) is 30.3 Å². The molecule has 1 aliphatic carbocycles. The van der Waals surface area contributed by atoms with E-state index in [0.29, 0.717) is 6.61 Å². The highest BCUT2D eigenvalue weighted by atomic mass is 32.2. The summed E-state index contributed by atoms with van der Waals surface area (Å²) in [6.45, 7) is 3.63. The van der Waals surface area contributed by atoms with Crippen molar-refractivity contribution in [3.63, 3.8) is 0 Å². The van der Waals surface area contributed by atoms with E-state index in [0.717, 1.165) is 11.8 Å². The van der Waals surface area contributed by atoms with Gasteiger partial charge in [-0.2, -0.15) is 8.42 Å². The van der Waals surface area contributed by atoms with Gasteiger partial charge in [-0.15, -0.1) is 0 Å². The topological polar surface area (TPSA) is 71.1 Å². The number of halogens is 1. The van der Waals surface area contributed by atoms with E-state index >= 15 is 0 Å². The summed E-state index contributed by atoms with van der Waals surface area (Å²) in [5.41, 5.74) is 1.17. The summed E-state index contributed by atoms with van der Waals surface area (Å²) in [7, 11) is -3.85. The van der Waals surface area contributed by atoms with Gasteiger partial charge in [0.05, 0.1) is 19.5 Å². The Morgan fingerprint density at radius 3 is 2.48 bits per heavy atom. The van der Waals surface area contributed by atoms with Crippen LogP contribution in [0.4, 0.5) is 4.39 Å². The number of hydrogen-bond donors (Lipinski definition) is 0. The van der Waals surface area contributed by atoms with Gasteiger partial charge >= 0.3 is 0 Å². The molecule has 138 valence electrons. The van der Waals surface area contributed by atoms with Crippen LogP contribution in [0.15, 0.2) is 41.7 Å². The summed E-state index contributed by atoms with van der Waals surface area (Å²) in [6.07, 6.45) is -2.07. The van der Waals surface area contributed by atoms with Gasteiger partial charge in [0, 0.05) is 5.57 Å². The minimum Gasteiger partial charge on any atom is -0.372 e. The van der Waals surface area contributed by atoms with Crippen LogP contribution in [0.25, 0.3) is 0 Å². The van der Waals surface area contributed by atoms with Crippen molar-refractivity contribution in [1.29, 1.82) is 0 Å². The molecule has 3 rings (SSSR count).